The second-order valence-electron chi connectivity index (χ2n) is 7.58. The van der Waals surface area contributed by atoms with Gasteiger partial charge in [-0.2, -0.15) is 0 Å². The third-order valence-electron chi connectivity index (χ3n) is 6.14. The van der Waals surface area contributed by atoms with Crippen LogP contribution in [0.25, 0.3) is 10.9 Å². The molecule has 2 atom stereocenters. The van der Waals surface area contributed by atoms with Gasteiger partial charge in [-0.25, -0.2) is 4.98 Å². The molecule has 138 valence electrons. The van der Waals surface area contributed by atoms with E-state index in [0.29, 0.717) is 35.7 Å². The Hall–Kier alpha value is -2.21. The standard InChI is InChI=1S/C20H26N4O2/c1-2-24(19(26)20-10-6-5-7-14(20)11-21-13-20)12-17-22-16-9-4-3-8-15(16)18(25)23-17/h3-4,8-9,14,21H,2,5-7,10-13H2,1H3,(H,22,23,25)/t14-,20+/m0/s1. The van der Waals surface area contributed by atoms with E-state index in [0.717, 1.165) is 32.4 Å². The molecule has 2 aliphatic rings. The fraction of sp³-hybridized carbons (Fsp3) is 0.550. The van der Waals surface area contributed by atoms with Crippen LogP contribution in [0.4, 0.5) is 0 Å². The van der Waals surface area contributed by atoms with Crippen LogP contribution in [0.2, 0.25) is 0 Å². The van der Waals surface area contributed by atoms with Crippen LogP contribution in [0.3, 0.4) is 0 Å². The molecule has 26 heavy (non-hydrogen) atoms. The first kappa shape index (κ1) is 17.2. The minimum Gasteiger partial charge on any atom is -0.335 e. The Morgan fingerprint density at radius 1 is 1.35 bits per heavy atom. The van der Waals surface area contributed by atoms with Gasteiger partial charge >= 0.3 is 0 Å². The highest BCUT2D eigenvalue weighted by Crippen LogP contribution is 2.45. The first-order valence-electron chi connectivity index (χ1n) is 9.62. The Bertz CT molecular complexity index is 877. The lowest BCUT2D eigenvalue weighted by molar-refractivity contribution is -0.146. The van der Waals surface area contributed by atoms with E-state index >= 15 is 0 Å². The van der Waals surface area contributed by atoms with E-state index in [-0.39, 0.29) is 16.9 Å². The van der Waals surface area contributed by atoms with Crippen molar-refractivity contribution in [3.8, 4) is 0 Å². The number of aromatic amines is 1. The number of rotatable bonds is 4. The van der Waals surface area contributed by atoms with Gasteiger partial charge in [0, 0.05) is 13.1 Å². The molecule has 2 heterocycles. The van der Waals surface area contributed by atoms with Gasteiger partial charge in [-0.1, -0.05) is 25.0 Å². The lowest BCUT2D eigenvalue weighted by atomic mass is 9.67. The molecule has 2 N–H and O–H groups in total. The molecule has 6 nitrogen and oxygen atoms in total. The van der Waals surface area contributed by atoms with Crippen molar-refractivity contribution in [2.75, 3.05) is 19.6 Å². The highest BCUT2D eigenvalue weighted by atomic mass is 16.2. The van der Waals surface area contributed by atoms with Crippen molar-refractivity contribution in [3.63, 3.8) is 0 Å². The number of nitrogens with zero attached hydrogens (tertiary/aromatic N) is 2. The maximum atomic E-state index is 13.5. The lowest BCUT2D eigenvalue weighted by Gasteiger charge is -2.40. The smallest absolute Gasteiger partial charge is 0.258 e. The van der Waals surface area contributed by atoms with Crippen molar-refractivity contribution in [1.82, 2.24) is 20.2 Å². The van der Waals surface area contributed by atoms with E-state index in [1.165, 1.54) is 6.42 Å². The molecule has 0 spiro atoms. The molecule has 1 aromatic carbocycles. The van der Waals surface area contributed by atoms with Gasteiger partial charge in [0.2, 0.25) is 5.91 Å². The predicted molar refractivity (Wildman–Crippen MR) is 101 cm³/mol. The Balaban J connectivity index is 1.62. The van der Waals surface area contributed by atoms with E-state index in [9.17, 15) is 9.59 Å². The van der Waals surface area contributed by atoms with Crippen molar-refractivity contribution in [2.45, 2.75) is 39.2 Å². The van der Waals surface area contributed by atoms with Gasteiger partial charge in [0.05, 0.1) is 22.9 Å². The normalized spacial score (nSPS) is 25.2. The number of hydrogen-bond donors (Lipinski definition) is 2. The molecule has 4 rings (SSSR count). The summed E-state index contributed by atoms with van der Waals surface area (Å²) < 4.78 is 0. The zero-order valence-corrected chi connectivity index (χ0v) is 15.3. The molecule has 1 saturated carbocycles. The number of carbonyl (C=O) groups is 1. The summed E-state index contributed by atoms with van der Waals surface area (Å²) >= 11 is 0. The summed E-state index contributed by atoms with van der Waals surface area (Å²) in [7, 11) is 0. The molecule has 1 saturated heterocycles. The Morgan fingerprint density at radius 2 is 2.19 bits per heavy atom. The van der Waals surface area contributed by atoms with E-state index in [1.807, 2.05) is 30.0 Å². The van der Waals surface area contributed by atoms with Crippen LogP contribution in [0, 0.1) is 11.3 Å². The average Bonchev–Trinajstić information content (AvgIpc) is 3.11. The molecule has 0 radical (unpaired) electrons. The fourth-order valence-corrected chi connectivity index (χ4v) is 4.70. The van der Waals surface area contributed by atoms with Gasteiger partial charge in [0.25, 0.3) is 5.56 Å². The zero-order chi connectivity index (χ0) is 18.1. The highest BCUT2D eigenvalue weighted by molar-refractivity contribution is 5.84. The van der Waals surface area contributed by atoms with Gasteiger partial charge < -0.3 is 15.2 Å². The summed E-state index contributed by atoms with van der Waals surface area (Å²) in [6.07, 6.45) is 4.42. The minimum atomic E-state index is -0.272. The summed E-state index contributed by atoms with van der Waals surface area (Å²) in [5.74, 6) is 1.20. The summed E-state index contributed by atoms with van der Waals surface area (Å²) in [6.45, 7) is 4.67. The third kappa shape index (κ3) is 2.82. The van der Waals surface area contributed by atoms with Crippen LogP contribution < -0.4 is 10.9 Å². The summed E-state index contributed by atoms with van der Waals surface area (Å²) in [5, 5.41) is 4.02. The maximum Gasteiger partial charge on any atom is 0.258 e. The summed E-state index contributed by atoms with van der Waals surface area (Å²) in [5.41, 5.74) is 0.252. The van der Waals surface area contributed by atoms with Gasteiger partial charge in [0.15, 0.2) is 0 Å². The lowest BCUT2D eigenvalue weighted by Crippen LogP contribution is -2.49. The molecule has 6 heteroatoms. The average molecular weight is 354 g/mol. The van der Waals surface area contributed by atoms with Crippen molar-refractivity contribution in [3.05, 3.63) is 40.4 Å². The van der Waals surface area contributed by atoms with Gasteiger partial charge in [-0.05, 0) is 44.4 Å². The van der Waals surface area contributed by atoms with E-state index < -0.39 is 0 Å². The molecule has 0 unspecified atom stereocenters. The Kier molecular flexibility index (Phi) is 4.53. The summed E-state index contributed by atoms with van der Waals surface area (Å²) in [6, 6.07) is 7.31. The first-order valence-corrected chi connectivity index (χ1v) is 9.62. The van der Waals surface area contributed by atoms with Crippen molar-refractivity contribution in [1.29, 1.82) is 0 Å². The molecule has 1 aromatic heterocycles. The van der Waals surface area contributed by atoms with Crippen molar-refractivity contribution in [2.24, 2.45) is 11.3 Å². The van der Waals surface area contributed by atoms with E-state index in [4.69, 9.17) is 0 Å². The number of benzene rings is 1. The van der Waals surface area contributed by atoms with Crippen LogP contribution >= 0.6 is 0 Å². The molecule has 1 aliphatic heterocycles. The van der Waals surface area contributed by atoms with E-state index in [2.05, 4.69) is 15.3 Å². The number of fused-ring (bicyclic) bond motifs is 2. The highest BCUT2D eigenvalue weighted by Gasteiger charge is 2.51. The molecule has 1 amide bonds. The van der Waals surface area contributed by atoms with Crippen LogP contribution in [-0.2, 0) is 11.3 Å². The maximum absolute atomic E-state index is 13.5. The molecule has 2 fully saturated rings. The minimum absolute atomic E-state index is 0.148. The van der Waals surface area contributed by atoms with Crippen LogP contribution in [0.5, 0.6) is 0 Å². The first-order chi connectivity index (χ1) is 12.6. The number of H-pyrrole nitrogens is 1. The molecule has 0 bridgehead atoms. The Labute approximate surface area is 153 Å². The largest absolute Gasteiger partial charge is 0.335 e. The van der Waals surface area contributed by atoms with Crippen molar-refractivity contribution >= 4 is 16.8 Å². The van der Waals surface area contributed by atoms with Gasteiger partial charge in [-0.3, -0.25) is 9.59 Å². The fourth-order valence-electron chi connectivity index (χ4n) is 4.70. The predicted octanol–water partition coefficient (Wildman–Crippen LogP) is 2.05. The number of amides is 1. The number of para-hydroxylation sites is 1. The van der Waals surface area contributed by atoms with Crippen LogP contribution in [0.1, 0.15) is 38.4 Å². The molecule has 2 aromatic rings. The monoisotopic (exact) mass is 354 g/mol. The topological polar surface area (TPSA) is 78.1 Å². The number of hydrogen-bond acceptors (Lipinski definition) is 4. The van der Waals surface area contributed by atoms with Gasteiger partial charge in [-0.15, -0.1) is 0 Å². The SMILES string of the molecule is CCN(Cc1nc2ccccc2c(=O)[nH]1)C(=O)[C@@]12CCCC[C@H]1CNC2. The number of aromatic nitrogens is 2. The van der Waals surface area contributed by atoms with Crippen LogP contribution in [0.15, 0.2) is 29.1 Å². The van der Waals surface area contributed by atoms with Crippen molar-refractivity contribution < 1.29 is 4.79 Å². The summed E-state index contributed by atoms with van der Waals surface area (Å²) in [4.78, 5) is 35.0. The molecule has 1 aliphatic carbocycles. The third-order valence-corrected chi connectivity index (χ3v) is 6.14. The molecular formula is C20H26N4O2. The zero-order valence-electron chi connectivity index (χ0n) is 15.3. The van der Waals surface area contributed by atoms with Gasteiger partial charge in [0.1, 0.15) is 5.82 Å². The second-order valence-corrected chi connectivity index (χ2v) is 7.58. The number of nitrogens with one attached hydrogen (secondary N) is 2. The Morgan fingerprint density at radius 3 is 3.04 bits per heavy atom. The van der Waals surface area contributed by atoms with Crippen LogP contribution in [-0.4, -0.2) is 40.4 Å². The second kappa shape index (κ2) is 6.83. The quantitative estimate of drug-likeness (QED) is 0.881. The number of carbonyl (C=O) groups excluding carboxylic acids is 1. The molecular weight excluding hydrogens is 328 g/mol. The van der Waals surface area contributed by atoms with E-state index in [1.54, 1.807) is 6.07 Å².